The summed E-state index contributed by atoms with van der Waals surface area (Å²) in [5, 5.41) is 0. The van der Waals surface area contributed by atoms with Gasteiger partial charge in [-0.1, -0.05) is 19.1 Å². The first-order chi connectivity index (χ1) is 16.5. The van der Waals surface area contributed by atoms with Crippen LogP contribution in [0.4, 0.5) is 0 Å². The van der Waals surface area contributed by atoms with Crippen molar-refractivity contribution in [2.45, 2.75) is 38.3 Å². The first-order valence-corrected chi connectivity index (χ1v) is 12.3. The zero-order valence-electron chi connectivity index (χ0n) is 20.2. The molecule has 0 spiro atoms. The van der Waals surface area contributed by atoms with Crippen molar-refractivity contribution in [2.24, 2.45) is 11.8 Å². The molecule has 3 heterocycles. The largest absolute Gasteiger partial charge is 0.493 e. The summed E-state index contributed by atoms with van der Waals surface area (Å²) in [6, 6.07) is 5.06. The van der Waals surface area contributed by atoms with Gasteiger partial charge in [0.1, 0.15) is 6.10 Å². The minimum atomic E-state index is -0.556. The van der Waals surface area contributed by atoms with Crippen LogP contribution in [-0.2, 0) is 19.1 Å². The molecule has 1 aliphatic carbocycles. The van der Waals surface area contributed by atoms with E-state index in [4.69, 9.17) is 18.9 Å². The number of nitrogens with zero attached hydrogens (tertiary/aromatic N) is 2. The highest BCUT2D eigenvalue weighted by Gasteiger charge is 2.53. The van der Waals surface area contributed by atoms with Gasteiger partial charge in [0, 0.05) is 31.7 Å². The average Bonchev–Trinajstić information content (AvgIpc) is 3.14. The molecule has 0 bridgehead atoms. The number of carbonyl (C=O) groups is 2. The smallest absolute Gasteiger partial charge is 0.290 e. The molecule has 1 saturated heterocycles. The third kappa shape index (κ3) is 3.96. The molecule has 1 amide bonds. The lowest BCUT2D eigenvalue weighted by molar-refractivity contribution is -0.136. The van der Waals surface area contributed by atoms with Gasteiger partial charge in [-0.15, -0.1) is 0 Å². The molecule has 3 aliphatic heterocycles. The van der Waals surface area contributed by atoms with Crippen molar-refractivity contribution >= 4 is 11.7 Å². The van der Waals surface area contributed by atoms with Crippen LogP contribution in [0.15, 0.2) is 29.5 Å². The number of amides is 1. The van der Waals surface area contributed by atoms with Gasteiger partial charge in [0.2, 0.25) is 0 Å². The maximum absolute atomic E-state index is 13.9. The Hall–Kier alpha value is -2.58. The topological polar surface area (TPSA) is 77.5 Å². The highest BCUT2D eigenvalue weighted by Crippen LogP contribution is 2.50. The quantitative estimate of drug-likeness (QED) is 0.632. The molecular weight excluding hydrogens is 436 g/mol. The number of ether oxygens (including phenoxy) is 4. The number of Topliss-reactive ketones (excluding diaryl/α,β-unsaturated/α-hetero) is 1. The second-order valence-electron chi connectivity index (χ2n) is 9.73. The summed E-state index contributed by atoms with van der Waals surface area (Å²) in [4.78, 5) is 31.7. The van der Waals surface area contributed by atoms with Gasteiger partial charge in [-0.25, -0.2) is 0 Å². The molecule has 8 nitrogen and oxygen atoms in total. The summed E-state index contributed by atoms with van der Waals surface area (Å²) in [5.41, 5.74) is 1.23. The maximum atomic E-state index is 13.9. The molecular formula is C26H34N2O6. The Labute approximate surface area is 200 Å². The van der Waals surface area contributed by atoms with Gasteiger partial charge < -0.3 is 23.8 Å². The summed E-state index contributed by atoms with van der Waals surface area (Å²) in [7, 11) is 3.18. The van der Waals surface area contributed by atoms with Crippen LogP contribution in [0.5, 0.6) is 11.5 Å². The minimum absolute atomic E-state index is 0.0508. The molecule has 4 aliphatic rings. The highest BCUT2D eigenvalue weighted by molar-refractivity contribution is 6.11. The number of carbonyl (C=O) groups excluding carboxylic acids is 2. The van der Waals surface area contributed by atoms with Crippen LogP contribution in [0.2, 0.25) is 0 Å². The number of rotatable bonds is 6. The van der Waals surface area contributed by atoms with Crippen molar-refractivity contribution in [3.63, 3.8) is 0 Å². The molecule has 0 radical (unpaired) electrons. The number of ketones is 1. The standard InChI is InChI=1S/C26H34N2O6/c1-16-7-8-19-18(15-16)23(29)21-22(17-5-4-6-20(31-2)24(17)32-3)28(26(30)25(21)34-19)10-9-27-11-13-33-14-12-27/h4-6,16,18-19,22H,7-15H2,1-3H3. The molecule has 184 valence electrons. The molecule has 4 unspecified atom stereocenters. The molecule has 0 aromatic heterocycles. The highest BCUT2D eigenvalue weighted by atomic mass is 16.5. The Bertz CT molecular complexity index is 986. The van der Waals surface area contributed by atoms with Crippen molar-refractivity contribution in [1.82, 2.24) is 9.80 Å². The monoisotopic (exact) mass is 470 g/mol. The fourth-order valence-electron chi connectivity index (χ4n) is 5.88. The summed E-state index contributed by atoms with van der Waals surface area (Å²) >= 11 is 0. The Morgan fingerprint density at radius 2 is 1.85 bits per heavy atom. The molecule has 2 fully saturated rings. The van der Waals surface area contributed by atoms with Crippen molar-refractivity contribution in [3.05, 3.63) is 35.1 Å². The molecule has 5 rings (SSSR count). The van der Waals surface area contributed by atoms with Crippen LogP contribution in [0.3, 0.4) is 0 Å². The lowest BCUT2D eigenvalue weighted by atomic mass is 9.74. The molecule has 1 saturated carbocycles. The average molecular weight is 471 g/mol. The summed E-state index contributed by atoms with van der Waals surface area (Å²) in [5.74, 6) is 1.46. The van der Waals surface area contributed by atoms with Crippen LogP contribution in [0, 0.1) is 11.8 Å². The fourth-order valence-corrected chi connectivity index (χ4v) is 5.88. The van der Waals surface area contributed by atoms with Crippen molar-refractivity contribution in [3.8, 4) is 11.5 Å². The van der Waals surface area contributed by atoms with Crippen molar-refractivity contribution < 1.29 is 28.5 Å². The number of benzene rings is 1. The lowest BCUT2D eigenvalue weighted by Crippen LogP contribution is -2.43. The van der Waals surface area contributed by atoms with E-state index in [1.54, 1.807) is 19.1 Å². The summed E-state index contributed by atoms with van der Waals surface area (Å²) < 4.78 is 23.0. The lowest BCUT2D eigenvalue weighted by Gasteiger charge is -2.38. The van der Waals surface area contributed by atoms with Gasteiger partial charge >= 0.3 is 0 Å². The Morgan fingerprint density at radius 3 is 2.59 bits per heavy atom. The van der Waals surface area contributed by atoms with Gasteiger partial charge in [0.15, 0.2) is 23.0 Å². The number of methoxy groups -OCH3 is 2. The Kier molecular flexibility index (Phi) is 6.53. The van der Waals surface area contributed by atoms with Gasteiger partial charge in [-0.05, 0) is 31.2 Å². The van der Waals surface area contributed by atoms with E-state index in [9.17, 15) is 9.59 Å². The molecule has 34 heavy (non-hydrogen) atoms. The van der Waals surface area contributed by atoms with Crippen LogP contribution in [0.25, 0.3) is 0 Å². The number of hydrogen-bond acceptors (Lipinski definition) is 7. The number of para-hydroxylation sites is 1. The minimum Gasteiger partial charge on any atom is -0.493 e. The van der Waals surface area contributed by atoms with E-state index < -0.39 is 6.04 Å². The number of fused-ring (bicyclic) bond motifs is 1. The van der Waals surface area contributed by atoms with Crippen molar-refractivity contribution in [1.29, 1.82) is 0 Å². The van der Waals surface area contributed by atoms with E-state index in [-0.39, 0.29) is 29.5 Å². The van der Waals surface area contributed by atoms with Crippen LogP contribution in [-0.4, -0.2) is 81.2 Å². The Balaban J connectivity index is 1.54. The zero-order valence-corrected chi connectivity index (χ0v) is 20.2. The second kappa shape index (κ2) is 9.58. The van der Waals surface area contributed by atoms with Gasteiger partial charge in [0.05, 0.1) is 45.0 Å². The van der Waals surface area contributed by atoms with E-state index in [0.29, 0.717) is 49.3 Å². The van der Waals surface area contributed by atoms with Crippen LogP contribution in [0.1, 0.15) is 37.8 Å². The summed E-state index contributed by atoms with van der Waals surface area (Å²) in [6.07, 6.45) is 2.41. The van der Waals surface area contributed by atoms with E-state index in [2.05, 4.69) is 11.8 Å². The second-order valence-corrected chi connectivity index (χ2v) is 9.73. The van der Waals surface area contributed by atoms with Gasteiger partial charge in [-0.2, -0.15) is 0 Å². The molecule has 8 heteroatoms. The molecule has 4 atom stereocenters. The molecule has 0 N–H and O–H groups in total. The van der Waals surface area contributed by atoms with Gasteiger partial charge in [0.25, 0.3) is 5.91 Å². The first kappa shape index (κ1) is 23.2. The molecule has 1 aromatic rings. The van der Waals surface area contributed by atoms with Crippen molar-refractivity contribution in [2.75, 3.05) is 53.6 Å². The third-order valence-corrected chi connectivity index (χ3v) is 7.69. The zero-order chi connectivity index (χ0) is 23.8. The summed E-state index contributed by atoms with van der Waals surface area (Å²) in [6.45, 7) is 6.43. The SMILES string of the molecule is COc1cccc(C2C3=C(OC4CCC(C)CC4C3=O)C(=O)N2CCN2CCOCC2)c1OC. The maximum Gasteiger partial charge on any atom is 0.290 e. The van der Waals surface area contributed by atoms with E-state index in [0.717, 1.165) is 37.9 Å². The fraction of sp³-hybridized carbons (Fsp3) is 0.615. The molecule has 1 aromatic carbocycles. The van der Waals surface area contributed by atoms with Gasteiger partial charge in [-0.3, -0.25) is 14.5 Å². The van der Waals surface area contributed by atoms with E-state index in [1.165, 1.54) is 0 Å². The third-order valence-electron chi connectivity index (χ3n) is 7.69. The van der Waals surface area contributed by atoms with E-state index in [1.807, 2.05) is 18.2 Å². The van der Waals surface area contributed by atoms with Crippen LogP contribution < -0.4 is 9.47 Å². The first-order valence-electron chi connectivity index (χ1n) is 12.3. The number of morpholine rings is 1. The predicted molar refractivity (Wildman–Crippen MR) is 125 cm³/mol. The predicted octanol–water partition coefficient (Wildman–Crippen LogP) is 2.58. The normalized spacial score (nSPS) is 29.6. The van der Waals surface area contributed by atoms with E-state index >= 15 is 0 Å². The Morgan fingerprint density at radius 1 is 1.06 bits per heavy atom. The van der Waals surface area contributed by atoms with Crippen LogP contribution >= 0.6 is 0 Å². The number of hydrogen-bond donors (Lipinski definition) is 0.